The molecular weight excluding hydrogens is 477 g/mol. The highest BCUT2D eigenvalue weighted by Crippen LogP contribution is 2.38. The first-order chi connectivity index (χ1) is 16.4. The summed E-state index contributed by atoms with van der Waals surface area (Å²) in [5.41, 5.74) is 0.746. The summed E-state index contributed by atoms with van der Waals surface area (Å²) in [7, 11) is -3.47. The van der Waals surface area contributed by atoms with Gasteiger partial charge in [0.25, 0.3) is 0 Å². The molecule has 0 unspecified atom stereocenters. The summed E-state index contributed by atoms with van der Waals surface area (Å²) in [5.74, 6) is 0.622. The van der Waals surface area contributed by atoms with Crippen LogP contribution in [0.4, 0.5) is 13.2 Å². The molecule has 2 heterocycles. The first kappa shape index (κ1) is 24.8. The number of halogens is 3. The standard InChI is InChI=1S/C26H25F3N2O3S/c1-16(2)23-24(31-13-7-12-22(25(31)30-23)26(27,28)29)18-8-5-9-19(14-18)34-20-10-6-11-21(15-20)35(32,33)17(3)4/h5-17H,1-4H3. The topological polar surface area (TPSA) is 60.7 Å². The van der Waals surface area contributed by atoms with Crippen molar-refractivity contribution in [3.05, 3.63) is 78.1 Å². The third kappa shape index (κ3) is 4.77. The Bertz CT molecular complexity index is 1490. The van der Waals surface area contributed by atoms with Crippen LogP contribution in [0.5, 0.6) is 11.5 Å². The van der Waals surface area contributed by atoms with Crippen LogP contribution in [0.2, 0.25) is 0 Å². The van der Waals surface area contributed by atoms with Crippen LogP contribution < -0.4 is 4.74 Å². The Kier molecular flexibility index (Phi) is 6.40. The van der Waals surface area contributed by atoms with Gasteiger partial charge in [0.1, 0.15) is 17.1 Å². The van der Waals surface area contributed by atoms with E-state index in [1.807, 2.05) is 13.8 Å². The smallest absolute Gasteiger partial charge is 0.419 e. The molecule has 0 saturated heterocycles. The summed E-state index contributed by atoms with van der Waals surface area (Å²) < 4.78 is 73.3. The van der Waals surface area contributed by atoms with Crippen molar-refractivity contribution in [3.8, 4) is 22.8 Å². The molecule has 0 atom stereocenters. The molecule has 0 fully saturated rings. The second-order valence-corrected chi connectivity index (χ2v) is 11.3. The number of aromatic nitrogens is 2. The number of rotatable bonds is 6. The van der Waals surface area contributed by atoms with Crippen molar-refractivity contribution in [1.82, 2.24) is 9.38 Å². The van der Waals surface area contributed by atoms with E-state index in [-0.39, 0.29) is 16.5 Å². The Morgan fingerprint density at radius 3 is 2.20 bits per heavy atom. The molecule has 4 aromatic rings. The van der Waals surface area contributed by atoms with E-state index in [0.29, 0.717) is 28.5 Å². The largest absolute Gasteiger partial charge is 0.457 e. The first-order valence-electron chi connectivity index (χ1n) is 11.1. The molecule has 184 valence electrons. The average molecular weight is 503 g/mol. The molecule has 5 nitrogen and oxygen atoms in total. The minimum atomic E-state index is -4.54. The van der Waals surface area contributed by atoms with Crippen molar-refractivity contribution in [3.63, 3.8) is 0 Å². The van der Waals surface area contributed by atoms with Gasteiger partial charge in [0.15, 0.2) is 9.84 Å². The van der Waals surface area contributed by atoms with E-state index >= 15 is 0 Å². The number of ether oxygens (including phenoxy) is 1. The molecule has 0 spiro atoms. The SMILES string of the molecule is CC(C)c1nc2c(C(F)(F)F)cccn2c1-c1cccc(Oc2cccc(S(=O)(=O)C(C)C)c2)c1. The molecule has 0 saturated carbocycles. The molecule has 0 aliphatic carbocycles. The van der Waals surface area contributed by atoms with Crippen molar-refractivity contribution >= 4 is 15.5 Å². The van der Waals surface area contributed by atoms with E-state index in [0.717, 1.165) is 6.07 Å². The number of benzene rings is 2. The Morgan fingerprint density at radius 1 is 0.914 bits per heavy atom. The van der Waals surface area contributed by atoms with Gasteiger partial charge < -0.3 is 4.74 Å². The zero-order chi connectivity index (χ0) is 25.5. The molecule has 4 rings (SSSR count). The summed E-state index contributed by atoms with van der Waals surface area (Å²) in [5, 5.41) is -0.577. The molecule has 0 N–H and O–H groups in total. The van der Waals surface area contributed by atoms with E-state index in [9.17, 15) is 21.6 Å². The lowest BCUT2D eigenvalue weighted by Crippen LogP contribution is -2.13. The highest BCUT2D eigenvalue weighted by atomic mass is 32.2. The number of pyridine rings is 1. The van der Waals surface area contributed by atoms with Crippen LogP contribution in [0.15, 0.2) is 71.8 Å². The summed E-state index contributed by atoms with van der Waals surface area (Å²) in [6.45, 7) is 6.97. The van der Waals surface area contributed by atoms with Crippen LogP contribution in [0.25, 0.3) is 16.9 Å². The van der Waals surface area contributed by atoms with Crippen LogP contribution in [-0.2, 0) is 16.0 Å². The highest BCUT2D eigenvalue weighted by molar-refractivity contribution is 7.92. The zero-order valence-corrected chi connectivity index (χ0v) is 20.5. The van der Waals surface area contributed by atoms with Crippen molar-refractivity contribution in [1.29, 1.82) is 0 Å². The molecule has 35 heavy (non-hydrogen) atoms. The predicted molar refractivity (Wildman–Crippen MR) is 129 cm³/mol. The van der Waals surface area contributed by atoms with Gasteiger partial charge >= 0.3 is 6.18 Å². The van der Waals surface area contributed by atoms with E-state index < -0.39 is 26.8 Å². The summed E-state index contributed by atoms with van der Waals surface area (Å²) in [4.78, 5) is 4.52. The van der Waals surface area contributed by atoms with Crippen molar-refractivity contribution in [2.75, 3.05) is 0 Å². The summed E-state index contributed by atoms with van der Waals surface area (Å²) in [6.07, 6.45) is -2.97. The van der Waals surface area contributed by atoms with E-state index in [4.69, 9.17) is 4.74 Å². The van der Waals surface area contributed by atoms with Crippen LogP contribution >= 0.6 is 0 Å². The predicted octanol–water partition coefficient (Wildman–Crippen LogP) is 7.12. The average Bonchev–Trinajstić information content (AvgIpc) is 3.18. The number of alkyl halides is 3. The van der Waals surface area contributed by atoms with Crippen LogP contribution in [0, 0.1) is 0 Å². The normalized spacial score (nSPS) is 12.6. The lowest BCUT2D eigenvalue weighted by Gasteiger charge is -2.12. The number of imidazole rings is 1. The van der Waals surface area contributed by atoms with Gasteiger partial charge in [-0.1, -0.05) is 32.0 Å². The third-order valence-corrected chi connectivity index (χ3v) is 7.78. The Balaban J connectivity index is 1.79. The van der Waals surface area contributed by atoms with Gasteiger partial charge in [-0.2, -0.15) is 13.2 Å². The minimum Gasteiger partial charge on any atom is -0.457 e. The van der Waals surface area contributed by atoms with Crippen molar-refractivity contribution in [2.24, 2.45) is 0 Å². The zero-order valence-electron chi connectivity index (χ0n) is 19.7. The van der Waals surface area contributed by atoms with Crippen LogP contribution in [0.1, 0.15) is 44.9 Å². The van der Waals surface area contributed by atoms with Gasteiger partial charge in [0.2, 0.25) is 0 Å². The van der Waals surface area contributed by atoms with Crippen molar-refractivity contribution in [2.45, 2.75) is 49.9 Å². The Labute approximate surface area is 202 Å². The van der Waals surface area contributed by atoms with Gasteiger partial charge in [0, 0.05) is 11.8 Å². The second kappa shape index (κ2) is 9.03. The van der Waals surface area contributed by atoms with Crippen LogP contribution in [-0.4, -0.2) is 23.1 Å². The number of fused-ring (bicyclic) bond motifs is 1. The number of sulfone groups is 1. The van der Waals surface area contributed by atoms with Gasteiger partial charge in [-0.25, -0.2) is 13.4 Å². The van der Waals surface area contributed by atoms with E-state index in [2.05, 4.69) is 4.98 Å². The molecule has 0 bridgehead atoms. The fourth-order valence-corrected chi connectivity index (χ4v) is 4.92. The number of nitrogens with zero attached hydrogens (tertiary/aromatic N) is 2. The van der Waals surface area contributed by atoms with Gasteiger partial charge in [-0.15, -0.1) is 0 Å². The fraction of sp³-hybridized carbons (Fsp3) is 0.269. The van der Waals surface area contributed by atoms with E-state index in [1.54, 1.807) is 56.4 Å². The molecule has 2 aromatic carbocycles. The Hall–Kier alpha value is -3.33. The fourth-order valence-electron chi connectivity index (χ4n) is 3.83. The first-order valence-corrected chi connectivity index (χ1v) is 12.6. The van der Waals surface area contributed by atoms with Crippen molar-refractivity contribution < 1.29 is 26.3 Å². The molecular formula is C26H25F3N2O3S. The molecule has 9 heteroatoms. The second-order valence-electron chi connectivity index (χ2n) is 8.81. The lowest BCUT2D eigenvalue weighted by atomic mass is 10.0. The maximum atomic E-state index is 13.6. The molecule has 2 aromatic heterocycles. The summed E-state index contributed by atoms with van der Waals surface area (Å²) in [6, 6.07) is 15.5. The lowest BCUT2D eigenvalue weighted by molar-refractivity contribution is -0.136. The maximum absolute atomic E-state index is 13.6. The van der Waals surface area contributed by atoms with Gasteiger partial charge in [0.05, 0.1) is 27.1 Å². The van der Waals surface area contributed by atoms with Gasteiger partial charge in [-0.3, -0.25) is 4.40 Å². The number of hydrogen-bond acceptors (Lipinski definition) is 4. The number of hydrogen-bond donors (Lipinski definition) is 0. The van der Waals surface area contributed by atoms with E-state index in [1.165, 1.54) is 22.6 Å². The molecule has 0 aliphatic heterocycles. The van der Waals surface area contributed by atoms with Crippen LogP contribution in [0.3, 0.4) is 0 Å². The molecule has 0 aliphatic rings. The van der Waals surface area contributed by atoms with Gasteiger partial charge in [-0.05, 0) is 62.2 Å². The maximum Gasteiger partial charge on any atom is 0.419 e. The quantitative estimate of drug-likeness (QED) is 0.282. The molecule has 0 radical (unpaired) electrons. The monoisotopic (exact) mass is 502 g/mol. The molecule has 0 amide bonds. The highest BCUT2D eigenvalue weighted by Gasteiger charge is 2.35. The Morgan fingerprint density at radius 2 is 1.57 bits per heavy atom. The minimum absolute atomic E-state index is 0.131. The summed E-state index contributed by atoms with van der Waals surface area (Å²) >= 11 is 0. The third-order valence-electron chi connectivity index (χ3n) is 5.63.